The van der Waals surface area contributed by atoms with Crippen molar-refractivity contribution in [3.05, 3.63) is 106 Å². The molecule has 6 nitrogen and oxygen atoms in total. The number of carbonyl (C=O) groups is 2. The Morgan fingerprint density at radius 2 is 1.68 bits per heavy atom. The maximum absolute atomic E-state index is 13.2. The van der Waals surface area contributed by atoms with Gasteiger partial charge in [0.2, 0.25) is 0 Å². The van der Waals surface area contributed by atoms with Crippen LogP contribution in [0.5, 0.6) is 5.75 Å². The van der Waals surface area contributed by atoms with Gasteiger partial charge in [0.05, 0.1) is 11.6 Å². The Balaban J connectivity index is 1.63. The maximum atomic E-state index is 13.2. The van der Waals surface area contributed by atoms with Crippen molar-refractivity contribution in [3.8, 4) is 5.75 Å². The van der Waals surface area contributed by atoms with Crippen LogP contribution < -0.4 is 4.74 Å². The summed E-state index contributed by atoms with van der Waals surface area (Å²) >= 11 is 0. The molecule has 0 unspecified atom stereocenters. The van der Waals surface area contributed by atoms with Gasteiger partial charge in [0, 0.05) is 12.1 Å². The van der Waals surface area contributed by atoms with Gasteiger partial charge in [0.25, 0.3) is 11.7 Å². The van der Waals surface area contributed by atoms with Crippen LogP contribution >= 0.6 is 0 Å². The average molecular weight is 513 g/mol. The standard InChI is InChI=1S/C32H36N2O4/c1-5-23-10-12-25(13-11-23)29-28(31(36)32(37)34(29)19-7-18-33(3)4)30(35)26-14-16-27(17-15-26)38-21-24-9-6-8-22(2)20-24/h6,8-17,20,29,35H,5,7,18-19,21H2,1-4H3/b30-28+/t29-/m1/s1. The number of aryl methyl sites for hydroxylation is 2. The first kappa shape index (κ1) is 27.1. The smallest absolute Gasteiger partial charge is 0.295 e. The fourth-order valence-electron chi connectivity index (χ4n) is 4.78. The topological polar surface area (TPSA) is 70.1 Å². The van der Waals surface area contributed by atoms with Crippen LogP contribution in [-0.2, 0) is 22.6 Å². The molecular weight excluding hydrogens is 476 g/mol. The van der Waals surface area contributed by atoms with Crippen LogP contribution in [0.25, 0.3) is 5.76 Å². The fraction of sp³-hybridized carbons (Fsp3) is 0.312. The van der Waals surface area contributed by atoms with E-state index in [1.54, 1.807) is 29.2 Å². The Bertz CT molecular complexity index is 1310. The summed E-state index contributed by atoms with van der Waals surface area (Å²) in [6, 6.07) is 22.4. The van der Waals surface area contributed by atoms with E-state index in [4.69, 9.17) is 4.74 Å². The number of hydrogen-bond donors (Lipinski definition) is 1. The molecule has 1 atom stereocenters. The molecule has 0 saturated carbocycles. The lowest BCUT2D eigenvalue weighted by Crippen LogP contribution is -2.32. The predicted octanol–water partition coefficient (Wildman–Crippen LogP) is 5.51. The molecular formula is C32H36N2O4. The number of ketones is 1. The van der Waals surface area contributed by atoms with Crippen molar-refractivity contribution >= 4 is 17.4 Å². The molecule has 1 saturated heterocycles. The fourth-order valence-corrected chi connectivity index (χ4v) is 4.78. The van der Waals surface area contributed by atoms with E-state index in [2.05, 4.69) is 13.0 Å². The molecule has 1 heterocycles. The number of carbonyl (C=O) groups excluding carboxylic acids is 2. The number of amides is 1. The van der Waals surface area contributed by atoms with Gasteiger partial charge in [-0.25, -0.2) is 0 Å². The molecule has 4 rings (SSSR count). The molecule has 6 heteroatoms. The van der Waals surface area contributed by atoms with Crippen molar-refractivity contribution in [2.45, 2.75) is 39.3 Å². The SMILES string of the molecule is CCc1ccc([C@@H]2/C(=C(\O)c3ccc(OCc4cccc(C)c4)cc3)C(=O)C(=O)N2CCCN(C)C)cc1. The number of likely N-dealkylation sites (tertiary alicyclic amines) is 1. The van der Waals surface area contributed by atoms with E-state index >= 15 is 0 Å². The van der Waals surface area contributed by atoms with E-state index in [0.29, 0.717) is 24.5 Å². The summed E-state index contributed by atoms with van der Waals surface area (Å²) in [7, 11) is 3.95. The van der Waals surface area contributed by atoms with Crippen LogP contribution in [0.3, 0.4) is 0 Å². The van der Waals surface area contributed by atoms with E-state index in [0.717, 1.165) is 30.5 Å². The third kappa shape index (κ3) is 6.14. The van der Waals surface area contributed by atoms with E-state index in [-0.39, 0.29) is 11.3 Å². The highest BCUT2D eigenvalue weighted by Gasteiger charge is 2.45. The van der Waals surface area contributed by atoms with Gasteiger partial charge in [-0.3, -0.25) is 9.59 Å². The minimum Gasteiger partial charge on any atom is -0.507 e. The van der Waals surface area contributed by atoms with Crippen LogP contribution in [0.4, 0.5) is 0 Å². The molecule has 3 aromatic carbocycles. The van der Waals surface area contributed by atoms with Crippen molar-refractivity contribution in [1.82, 2.24) is 9.80 Å². The summed E-state index contributed by atoms with van der Waals surface area (Å²) in [6.07, 6.45) is 1.61. The van der Waals surface area contributed by atoms with E-state index in [9.17, 15) is 14.7 Å². The normalized spacial score (nSPS) is 16.9. The van der Waals surface area contributed by atoms with Gasteiger partial charge in [0.15, 0.2) is 0 Å². The summed E-state index contributed by atoms with van der Waals surface area (Å²) in [5.74, 6) is -0.753. The number of nitrogens with zero attached hydrogens (tertiary/aromatic N) is 2. The number of ether oxygens (including phenoxy) is 1. The lowest BCUT2D eigenvalue weighted by atomic mass is 9.94. The highest BCUT2D eigenvalue weighted by molar-refractivity contribution is 6.46. The zero-order valence-corrected chi connectivity index (χ0v) is 22.6. The number of hydrogen-bond acceptors (Lipinski definition) is 5. The van der Waals surface area contributed by atoms with Gasteiger partial charge >= 0.3 is 0 Å². The number of Topliss-reactive ketones (excluding diaryl/α,β-unsaturated/α-hetero) is 1. The van der Waals surface area contributed by atoms with Crippen LogP contribution in [-0.4, -0.2) is 53.8 Å². The Morgan fingerprint density at radius 1 is 0.974 bits per heavy atom. The molecule has 0 radical (unpaired) electrons. The van der Waals surface area contributed by atoms with Gasteiger partial charge in [0.1, 0.15) is 18.1 Å². The molecule has 1 amide bonds. The molecule has 3 aromatic rings. The molecule has 1 N–H and O–H groups in total. The van der Waals surface area contributed by atoms with Crippen LogP contribution in [0, 0.1) is 6.92 Å². The quantitative estimate of drug-likeness (QED) is 0.220. The van der Waals surface area contributed by atoms with Crippen LogP contribution in [0.2, 0.25) is 0 Å². The first-order valence-electron chi connectivity index (χ1n) is 13.1. The molecule has 1 aliphatic rings. The Kier molecular flexibility index (Phi) is 8.64. The van der Waals surface area contributed by atoms with E-state index in [1.165, 1.54) is 11.1 Å². The Labute approximate surface area is 225 Å². The van der Waals surface area contributed by atoms with E-state index in [1.807, 2.05) is 68.4 Å². The van der Waals surface area contributed by atoms with E-state index < -0.39 is 17.7 Å². The van der Waals surface area contributed by atoms with Gasteiger partial charge < -0.3 is 19.6 Å². The second-order valence-electron chi connectivity index (χ2n) is 10.0. The highest BCUT2D eigenvalue weighted by atomic mass is 16.5. The zero-order chi connectivity index (χ0) is 27.2. The average Bonchev–Trinajstić information content (AvgIpc) is 3.17. The van der Waals surface area contributed by atoms with Gasteiger partial charge in [-0.05, 0) is 81.4 Å². The lowest BCUT2D eigenvalue weighted by molar-refractivity contribution is -0.139. The largest absolute Gasteiger partial charge is 0.507 e. The van der Waals surface area contributed by atoms with Crippen molar-refractivity contribution in [2.75, 3.05) is 27.2 Å². The van der Waals surface area contributed by atoms with Crippen LogP contribution in [0.15, 0.2) is 78.4 Å². The second kappa shape index (κ2) is 12.1. The predicted molar refractivity (Wildman–Crippen MR) is 150 cm³/mol. The summed E-state index contributed by atoms with van der Waals surface area (Å²) in [5.41, 5.74) is 4.81. The second-order valence-corrected chi connectivity index (χ2v) is 10.0. The first-order valence-corrected chi connectivity index (χ1v) is 13.1. The van der Waals surface area contributed by atoms with Gasteiger partial charge in [-0.2, -0.15) is 0 Å². The minimum absolute atomic E-state index is 0.123. The third-order valence-electron chi connectivity index (χ3n) is 6.86. The number of aliphatic hydroxyl groups excluding tert-OH is 1. The monoisotopic (exact) mass is 512 g/mol. The highest BCUT2D eigenvalue weighted by Crippen LogP contribution is 2.39. The van der Waals surface area contributed by atoms with Crippen molar-refractivity contribution in [1.29, 1.82) is 0 Å². The van der Waals surface area contributed by atoms with Gasteiger partial charge in [-0.15, -0.1) is 0 Å². The summed E-state index contributed by atoms with van der Waals surface area (Å²) in [4.78, 5) is 30.0. The van der Waals surface area contributed by atoms with Gasteiger partial charge in [-0.1, -0.05) is 61.0 Å². The zero-order valence-electron chi connectivity index (χ0n) is 22.6. The third-order valence-corrected chi connectivity index (χ3v) is 6.86. The molecule has 0 bridgehead atoms. The Morgan fingerprint density at radius 3 is 2.32 bits per heavy atom. The Hall–Kier alpha value is -3.90. The van der Waals surface area contributed by atoms with Crippen molar-refractivity contribution < 1.29 is 19.4 Å². The summed E-state index contributed by atoms with van der Waals surface area (Å²) in [6.45, 7) is 5.76. The molecule has 1 aliphatic heterocycles. The molecule has 38 heavy (non-hydrogen) atoms. The molecule has 0 aromatic heterocycles. The molecule has 0 spiro atoms. The summed E-state index contributed by atoms with van der Waals surface area (Å²) in [5, 5.41) is 11.3. The molecule has 1 fully saturated rings. The summed E-state index contributed by atoms with van der Waals surface area (Å²) < 4.78 is 5.91. The van der Waals surface area contributed by atoms with Crippen molar-refractivity contribution in [2.24, 2.45) is 0 Å². The first-order chi connectivity index (χ1) is 18.3. The number of rotatable bonds is 10. The minimum atomic E-state index is -0.656. The molecule has 0 aliphatic carbocycles. The number of aliphatic hydroxyl groups is 1. The van der Waals surface area contributed by atoms with Crippen LogP contribution in [0.1, 0.15) is 47.2 Å². The lowest BCUT2D eigenvalue weighted by Gasteiger charge is -2.26. The maximum Gasteiger partial charge on any atom is 0.295 e. The number of benzene rings is 3. The molecule has 198 valence electrons. The van der Waals surface area contributed by atoms with Crippen molar-refractivity contribution in [3.63, 3.8) is 0 Å².